The first-order chi connectivity index (χ1) is 19.0. The number of aryl methyl sites for hydroxylation is 2. The second kappa shape index (κ2) is 8.26. The van der Waals surface area contributed by atoms with Gasteiger partial charge in [0.15, 0.2) is 0 Å². The van der Waals surface area contributed by atoms with Gasteiger partial charge in [0.05, 0.1) is 34.6 Å². The number of hydrogen-bond donors (Lipinski definition) is 3. The number of imidazole rings is 2. The number of rotatable bonds is 3. The van der Waals surface area contributed by atoms with E-state index in [4.69, 9.17) is 15.0 Å². The second-order valence-corrected chi connectivity index (χ2v) is 12.5. The Labute approximate surface area is 230 Å². The van der Waals surface area contributed by atoms with Crippen LogP contribution >= 0.6 is 11.3 Å². The van der Waals surface area contributed by atoms with Crippen LogP contribution < -0.4 is 5.32 Å². The Kier molecular flexibility index (Phi) is 4.87. The molecule has 1 aliphatic carbocycles. The number of anilines is 1. The van der Waals surface area contributed by atoms with Gasteiger partial charge in [-0.15, -0.1) is 11.3 Å². The van der Waals surface area contributed by atoms with Crippen molar-refractivity contribution in [1.29, 1.82) is 0 Å². The number of thiophene rings is 1. The van der Waals surface area contributed by atoms with E-state index in [0.29, 0.717) is 11.8 Å². The van der Waals surface area contributed by atoms with Crippen molar-refractivity contribution in [3.63, 3.8) is 0 Å². The molecule has 0 amide bonds. The summed E-state index contributed by atoms with van der Waals surface area (Å²) in [5.41, 5.74) is 10.5. The van der Waals surface area contributed by atoms with Crippen LogP contribution in [0.3, 0.4) is 0 Å². The molecule has 3 N–H and O–H groups in total. The van der Waals surface area contributed by atoms with Crippen molar-refractivity contribution >= 4 is 60.8 Å². The van der Waals surface area contributed by atoms with Gasteiger partial charge in [-0.25, -0.2) is 9.97 Å². The van der Waals surface area contributed by atoms with Crippen LogP contribution in [0.4, 0.5) is 11.4 Å². The molecule has 0 bridgehead atoms. The summed E-state index contributed by atoms with van der Waals surface area (Å²) in [6.07, 6.45) is 4.01. The lowest BCUT2D eigenvalue weighted by Crippen LogP contribution is -2.07. The molecule has 0 fully saturated rings. The number of nitrogens with zero attached hydrogens (tertiary/aromatic N) is 3. The number of H-pyrrole nitrogens is 2. The van der Waals surface area contributed by atoms with Gasteiger partial charge in [0, 0.05) is 49.7 Å². The maximum Gasteiger partial charge on any atom is 0.109 e. The monoisotopic (exact) mass is 530 g/mol. The average Bonchev–Trinajstić information content (AvgIpc) is 3.69. The molecule has 0 saturated carbocycles. The van der Waals surface area contributed by atoms with Crippen molar-refractivity contribution in [2.24, 2.45) is 4.99 Å². The minimum absolute atomic E-state index is 0.327. The van der Waals surface area contributed by atoms with Gasteiger partial charge in [-0.1, -0.05) is 52.0 Å². The van der Waals surface area contributed by atoms with Crippen LogP contribution in [-0.4, -0.2) is 32.7 Å². The largest absolute Gasteiger partial charge is 0.377 e. The highest BCUT2D eigenvalue weighted by molar-refractivity contribution is 7.22. The van der Waals surface area contributed by atoms with Crippen LogP contribution in [0.2, 0.25) is 0 Å². The summed E-state index contributed by atoms with van der Waals surface area (Å²) < 4.78 is 1.38. The summed E-state index contributed by atoms with van der Waals surface area (Å²) in [6.45, 7) is 9.46. The first-order valence-electron chi connectivity index (χ1n) is 13.9. The van der Waals surface area contributed by atoms with Crippen LogP contribution in [0, 0.1) is 0 Å². The minimum atomic E-state index is 0.327. The lowest BCUT2D eigenvalue weighted by atomic mass is 9.91. The van der Waals surface area contributed by atoms with E-state index in [2.05, 4.69) is 79.4 Å². The van der Waals surface area contributed by atoms with Crippen molar-refractivity contribution in [1.82, 2.24) is 19.9 Å². The normalized spacial score (nSPS) is 14.4. The van der Waals surface area contributed by atoms with E-state index in [1.54, 1.807) is 0 Å². The summed E-state index contributed by atoms with van der Waals surface area (Å²) >= 11 is 1.90. The van der Waals surface area contributed by atoms with Crippen molar-refractivity contribution in [2.75, 3.05) is 11.9 Å². The third-order valence-corrected chi connectivity index (χ3v) is 9.43. The zero-order chi connectivity index (χ0) is 26.4. The Morgan fingerprint density at radius 3 is 2.56 bits per heavy atom. The molecular formula is C32H30N6S. The number of fused-ring (bicyclic) bond motifs is 11. The molecule has 7 heteroatoms. The third kappa shape index (κ3) is 3.35. The molecule has 0 atom stereocenters. The van der Waals surface area contributed by atoms with Gasteiger partial charge in [0.25, 0.3) is 0 Å². The van der Waals surface area contributed by atoms with Crippen molar-refractivity contribution < 1.29 is 0 Å². The van der Waals surface area contributed by atoms with Gasteiger partial charge in [-0.05, 0) is 41.5 Å². The van der Waals surface area contributed by atoms with Gasteiger partial charge < -0.3 is 15.3 Å². The summed E-state index contributed by atoms with van der Waals surface area (Å²) in [5.74, 6) is 2.82. The third-order valence-electron chi connectivity index (χ3n) is 8.17. The van der Waals surface area contributed by atoms with Gasteiger partial charge in [-0.3, -0.25) is 4.99 Å². The molecule has 8 rings (SSSR count). The molecule has 2 aliphatic rings. The SMILES string of the molecule is CC(C)c1nc2c([nH]1)CCc1c-2ccc2cc(-c3ccc4c(c3)c3c(c5[nH]c(C(C)C)nc54)NCC=N3)sc12. The summed E-state index contributed by atoms with van der Waals surface area (Å²) in [6, 6.07) is 13.7. The Bertz CT molecular complexity index is 1980. The average molecular weight is 531 g/mol. The van der Waals surface area contributed by atoms with E-state index in [-0.39, 0.29) is 0 Å². The molecule has 0 spiro atoms. The lowest BCUT2D eigenvalue weighted by molar-refractivity contribution is 0.787. The summed E-state index contributed by atoms with van der Waals surface area (Å²) in [4.78, 5) is 23.3. The van der Waals surface area contributed by atoms with Gasteiger partial charge in [-0.2, -0.15) is 0 Å². The number of aliphatic imine (C=N–C) groups is 1. The lowest BCUT2D eigenvalue weighted by Gasteiger charge is -2.16. The fraction of sp³-hybridized carbons (Fsp3) is 0.281. The fourth-order valence-electron chi connectivity index (χ4n) is 6.11. The first kappa shape index (κ1) is 23.0. The molecule has 3 aromatic heterocycles. The topological polar surface area (TPSA) is 81.8 Å². The summed E-state index contributed by atoms with van der Waals surface area (Å²) in [5, 5.41) is 7.15. The van der Waals surface area contributed by atoms with Crippen molar-refractivity contribution in [3.8, 4) is 21.7 Å². The number of aromatic amines is 2. The predicted molar refractivity (Wildman–Crippen MR) is 164 cm³/mol. The number of aromatic nitrogens is 4. The van der Waals surface area contributed by atoms with Crippen LogP contribution in [0.5, 0.6) is 0 Å². The molecule has 1 aliphatic heterocycles. The Balaban J connectivity index is 1.30. The van der Waals surface area contributed by atoms with Gasteiger partial charge in [0.2, 0.25) is 0 Å². The van der Waals surface area contributed by atoms with Crippen molar-refractivity contribution in [2.45, 2.75) is 52.4 Å². The molecule has 6 aromatic rings. The molecule has 0 saturated heterocycles. The van der Waals surface area contributed by atoms with Gasteiger partial charge >= 0.3 is 0 Å². The highest BCUT2D eigenvalue weighted by Gasteiger charge is 2.25. The van der Waals surface area contributed by atoms with Crippen LogP contribution in [0.1, 0.15) is 62.4 Å². The van der Waals surface area contributed by atoms with E-state index >= 15 is 0 Å². The van der Waals surface area contributed by atoms with E-state index < -0.39 is 0 Å². The predicted octanol–water partition coefficient (Wildman–Crippen LogP) is 8.46. The molecule has 3 aromatic carbocycles. The highest BCUT2D eigenvalue weighted by atomic mass is 32.1. The highest BCUT2D eigenvalue weighted by Crippen LogP contribution is 2.46. The second-order valence-electron chi connectivity index (χ2n) is 11.4. The van der Waals surface area contributed by atoms with Crippen molar-refractivity contribution in [3.05, 3.63) is 59.3 Å². The number of benzene rings is 3. The fourth-order valence-corrected chi connectivity index (χ4v) is 7.35. The Morgan fingerprint density at radius 1 is 0.872 bits per heavy atom. The van der Waals surface area contributed by atoms with E-state index in [9.17, 15) is 0 Å². The molecule has 0 unspecified atom stereocenters. The first-order valence-corrected chi connectivity index (χ1v) is 14.7. The Hall–Kier alpha value is -3.97. The molecule has 39 heavy (non-hydrogen) atoms. The number of nitrogens with one attached hydrogen (secondary N) is 3. The molecule has 194 valence electrons. The van der Waals surface area contributed by atoms with E-state index in [0.717, 1.165) is 69.9 Å². The number of hydrogen-bond acceptors (Lipinski definition) is 5. The van der Waals surface area contributed by atoms with Crippen LogP contribution in [0.15, 0.2) is 41.4 Å². The molecule has 6 nitrogen and oxygen atoms in total. The zero-order valence-electron chi connectivity index (χ0n) is 22.6. The van der Waals surface area contributed by atoms with Crippen LogP contribution in [0.25, 0.3) is 53.6 Å². The maximum absolute atomic E-state index is 5.01. The minimum Gasteiger partial charge on any atom is -0.377 e. The molecule has 4 heterocycles. The summed E-state index contributed by atoms with van der Waals surface area (Å²) in [7, 11) is 0. The van der Waals surface area contributed by atoms with E-state index in [1.807, 2.05) is 17.6 Å². The molecular weight excluding hydrogens is 500 g/mol. The maximum atomic E-state index is 5.01. The quantitative estimate of drug-likeness (QED) is 0.215. The standard InChI is InChI=1S/C32H30N6S/c1-15(2)31-35-23-10-9-21-19(25(23)36-31)8-6-18-14-24(39-30(18)21)17-5-7-20-22(13-17)26-28(34-12-11-33-26)29-27(20)37-32(38-29)16(3)4/h5-8,11,13-16,34H,9-10,12H2,1-4H3,(H,35,36)(H,37,38). The van der Waals surface area contributed by atoms with Gasteiger partial charge in [0.1, 0.15) is 11.6 Å². The molecule has 0 radical (unpaired) electrons. The zero-order valence-corrected chi connectivity index (χ0v) is 23.4. The Morgan fingerprint density at radius 2 is 1.72 bits per heavy atom. The van der Waals surface area contributed by atoms with E-state index in [1.165, 1.54) is 37.3 Å². The van der Waals surface area contributed by atoms with Crippen LogP contribution in [-0.2, 0) is 12.8 Å². The smallest absolute Gasteiger partial charge is 0.109 e.